The summed E-state index contributed by atoms with van der Waals surface area (Å²) < 4.78 is 2.71. The molecule has 0 aliphatic carbocycles. The van der Waals surface area contributed by atoms with E-state index in [1.807, 2.05) is 0 Å². The molecule has 56 valence electrons. The molecule has 0 bridgehead atoms. The molecule has 0 unspecified atom stereocenters. The van der Waals surface area contributed by atoms with Gasteiger partial charge in [-0.3, -0.25) is 0 Å². The molecule has 0 aromatic heterocycles. The maximum Gasteiger partial charge on any atom is 0.159 e. The van der Waals surface area contributed by atoms with Crippen molar-refractivity contribution in [3.8, 4) is 0 Å². The number of hydrogen-bond acceptors (Lipinski definition) is 1. The maximum absolute atomic E-state index is 2.71. The molecule has 0 aliphatic rings. The second kappa shape index (κ2) is 7.96. The summed E-state index contributed by atoms with van der Waals surface area (Å²) in [4.78, 5) is 0. The van der Waals surface area contributed by atoms with Crippen LogP contribution in [0.3, 0.4) is 0 Å². The highest BCUT2D eigenvalue weighted by atomic mass is 127. The van der Waals surface area contributed by atoms with Gasteiger partial charge in [0.25, 0.3) is 0 Å². The lowest BCUT2D eigenvalue weighted by Crippen LogP contribution is -2.26. The zero-order valence-corrected chi connectivity index (χ0v) is 12.9. The van der Waals surface area contributed by atoms with E-state index in [1.165, 1.54) is 19.4 Å². The molecule has 0 spiro atoms. The summed E-state index contributed by atoms with van der Waals surface area (Å²) in [7, 11) is 0.330. The fraction of sp³-hybridized carbons (Fsp3) is 1.00. The number of halogens is 2. The Labute approximate surface area is 87.6 Å². The van der Waals surface area contributed by atoms with Crippen molar-refractivity contribution in [1.29, 1.82) is 0 Å². The first kappa shape index (κ1) is 10.9. The molecule has 0 aromatic carbocycles. The monoisotopic (exact) mass is 385 g/mol. The van der Waals surface area contributed by atoms with E-state index in [2.05, 4.69) is 54.7 Å². The minimum Gasteiger partial charge on any atom is -0.339 e. The van der Waals surface area contributed by atoms with E-state index in [0.29, 0.717) is 0 Å². The van der Waals surface area contributed by atoms with E-state index in [-0.39, 0.29) is 14.4 Å². The highest BCUT2D eigenvalue weighted by molar-refractivity contribution is 14.1. The van der Waals surface area contributed by atoms with Crippen LogP contribution in [0, 0.1) is 0 Å². The average molecular weight is 385 g/mol. The predicted octanol–water partition coefficient (Wildman–Crippen LogP) is 0.956. The van der Waals surface area contributed by atoms with Crippen molar-refractivity contribution < 1.29 is 0 Å². The molecule has 0 radical (unpaired) electrons. The van der Waals surface area contributed by atoms with Crippen molar-refractivity contribution in [3.63, 3.8) is 0 Å². The van der Waals surface area contributed by atoms with Crippen LogP contribution in [0.5, 0.6) is 0 Å². The standard InChI is InChI=1S/C4H13I2NSi2/c1-2-3-4-7(8-5)9-6/h2-4,8-9H2,1H3. The van der Waals surface area contributed by atoms with Crippen molar-refractivity contribution in [2.75, 3.05) is 6.54 Å². The van der Waals surface area contributed by atoms with E-state index < -0.39 is 0 Å². The summed E-state index contributed by atoms with van der Waals surface area (Å²) in [6, 6.07) is 0. The smallest absolute Gasteiger partial charge is 0.159 e. The van der Waals surface area contributed by atoms with Gasteiger partial charge >= 0.3 is 0 Å². The Morgan fingerprint density at radius 1 is 1.33 bits per heavy atom. The van der Waals surface area contributed by atoms with Gasteiger partial charge in [0.15, 0.2) is 14.4 Å². The van der Waals surface area contributed by atoms with E-state index in [9.17, 15) is 0 Å². The molecule has 0 rings (SSSR count). The van der Waals surface area contributed by atoms with Crippen LogP contribution in [0.1, 0.15) is 19.8 Å². The molecule has 0 amide bonds. The summed E-state index contributed by atoms with van der Waals surface area (Å²) >= 11 is 5.17. The first-order chi connectivity index (χ1) is 4.35. The molecule has 0 atom stereocenters. The van der Waals surface area contributed by atoms with Gasteiger partial charge in [-0.1, -0.05) is 13.3 Å². The summed E-state index contributed by atoms with van der Waals surface area (Å²) in [5.74, 6) is 0. The molecule has 0 aliphatic heterocycles. The lowest BCUT2D eigenvalue weighted by molar-refractivity contribution is 0.632. The summed E-state index contributed by atoms with van der Waals surface area (Å²) in [6.45, 7) is 3.66. The molecule has 0 saturated heterocycles. The van der Waals surface area contributed by atoms with Crippen LogP contribution in [0.25, 0.3) is 0 Å². The third-order valence-corrected chi connectivity index (χ3v) is 15.1. The SMILES string of the molecule is CCCCN([SiH2]I)[SiH2]I. The fourth-order valence-electron chi connectivity index (χ4n) is 0.533. The van der Waals surface area contributed by atoms with Gasteiger partial charge in [0, 0.05) is 0 Å². The third-order valence-electron chi connectivity index (χ3n) is 1.17. The van der Waals surface area contributed by atoms with Crippen LogP contribution < -0.4 is 0 Å². The molecular formula is C4H13I2NSi2. The number of hydrogen-bond donors (Lipinski definition) is 0. The van der Waals surface area contributed by atoms with Gasteiger partial charge in [0.1, 0.15) is 0 Å². The van der Waals surface area contributed by atoms with E-state index in [0.717, 1.165) is 0 Å². The molecule has 0 aromatic rings. The van der Waals surface area contributed by atoms with Gasteiger partial charge < -0.3 is 4.23 Å². The largest absolute Gasteiger partial charge is 0.339 e. The molecular weight excluding hydrogens is 372 g/mol. The van der Waals surface area contributed by atoms with Crippen molar-refractivity contribution in [1.82, 2.24) is 4.23 Å². The van der Waals surface area contributed by atoms with E-state index in [4.69, 9.17) is 0 Å². The Balaban J connectivity index is 3.09. The third kappa shape index (κ3) is 6.26. The van der Waals surface area contributed by atoms with Gasteiger partial charge in [-0.15, -0.1) is 43.6 Å². The first-order valence-corrected chi connectivity index (χ1v) is 14.7. The average Bonchev–Trinajstić information content (AvgIpc) is 1.91. The minimum absolute atomic E-state index is 0.165. The molecule has 0 fully saturated rings. The Bertz CT molecular complexity index is 60.5. The van der Waals surface area contributed by atoms with E-state index >= 15 is 0 Å². The van der Waals surface area contributed by atoms with Gasteiger partial charge in [-0.2, -0.15) is 0 Å². The van der Waals surface area contributed by atoms with Crippen LogP contribution in [-0.2, 0) is 0 Å². The molecule has 0 N–H and O–H groups in total. The zero-order chi connectivity index (χ0) is 7.11. The quantitative estimate of drug-likeness (QED) is 0.387. The minimum atomic E-state index is 0.165. The van der Waals surface area contributed by atoms with Crippen molar-refractivity contribution in [3.05, 3.63) is 0 Å². The zero-order valence-electron chi connectivity index (χ0n) is 5.74. The van der Waals surface area contributed by atoms with Crippen LogP contribution in [0.15, 0.2) is 0 Å². The molecule has 1 nitrogen and oxygen atoms in total. The Morgan fingerprint density at radius 3 is 2.22 bits per heavy atom. The van der Waals surface area contributed by atoms with Gasteiger partial charge in [0.05, 0.1) is 0 Å². The molecule has 0 saturated carbocycles. The normalized spacial score (nSPS) is 13.3. The second-order valence-electron chi connectivity index (χ2n) is 1.99. The molecule has 5 heteroatoms. The van der Waals surface area contributed by atoms with Crippen LogP contribution in [0.4, 0.5) is 0 Å². The summed E-state index contributed by atoms with van der Waals surface area (Å²) in [6.07, 6.45) is 2.76. The van der Waals surface area contributed by atoms with Crippen LogP contribution in [-0.4, -0.2) is 25.1 Å². The maximum atomic E-state index is 2.71. The Hall–Kier alpha value is 1.85. The van der Waals surface area contributed by atoms with Crippen molar-refractivity contribution >= 4 is 57.9 Å². The van der Waals surface area contributed by atoms with Crippen LogP contribution >= 0.6 is 43.6 Å². The number of unbranched alkanes of at least 4 members (excludes halogenated alkanes) is 1. The Kier molecular flexibility index (Phi) is 9.59. The van der Waals surface area contributed by atoms with Crippen LogP contribution in [0.2, 0.25) is 0 Å². The summed E-state index contributed by atoms with van der Waals surface area (Å²) in [5, 5.41) is 0. The second-order valence-corrected chi connectivity index (χ2v) is 9.24. The lowest BCUT2D eigenvalue weighted by atomic mass is 10.3. The topological polar surface area (TPSA) is 3.24 Å². The van der Waals surface area contributed by atoms with Crippen molar-refractivity contribution in [2.24, 2.45) is 0 Å². The fourth-order valence-corrected chi connectivity index (χ4v) is 16.2. The Morgan fingerprint density at radius 2 is 1.89 bits per heavy atom. The highest BCUT2D eigenvalue weighted by Gasteiger charge is 1.97. The number of rotatable bonds is 5. The molecule has 0 heterocycles. The van der Waals surface area contributed by atoms with Gasteiger partial charge in [0.2, 0.25) is 0 Å². The van der Waals surface area contributed by atoms with Crippen molar-refractivity contribution in [2.45, 2.75) is 19.8 Å². The van der Waals surface area contributed by atoms with Gasteiger partial charge in [-0.05, 0) is 13.0 Å². The van der Waals surface area contributed by atoms with E-state index in [1.54, 1.807) is 0 Å². The predicted molar refractivity (Wildman–Crippen MR) is 66.7 cm³/mol. The van der Waals surface area contributed by atoms with Gasteiger partial charge in [-0.25, -0.2) is 0 Å². The summed E-state index contributed by atoms with van der Waals surface area (Å²) in [5.41, 5.74) is 0. The number of nitrogens with zero attached hydrogens (tertiary/aromatic N) is 1. The lowest BCUT2D eigenvalue weighted by Gasteiger charge is -2.14. The first-order valence-electron chi connectivity index (χ1n) is 3.19. The highest BCUT2D eigenvalue weighted by Crippen LogP contribution is 1.96. The molecule has 9 heavy (non-hydrogen) atoms.